The molecule has 37 heavy (non-hydrogen) atoms. The number of carbonyl (C=O) groups is 3. The fraction of sp³-hybridized carbons (Fsp3) is 0.625. The van der Waals surface area contributed by atoms with Crippen molar-refractivity contribution >= 4 is 29.3 Å². The Morgan fingerprint density at radius 2 is 1.92 bits per heavy atom. The number of alkyl halides is 3. The molecule has 1 aromatic rings. The number of piperazine rings is 1. The van der Waals surface area contributed by atoms with Crippen molar-refractivity contribution in [2.24, 2.45) is 5.92 Å². The lowest BCUT2D eigenvalue weighted by Gasteiger charge is -2.47. The van der Waals surface area contributed by atoms with Gasteiger partial charge in [-0.1, -0.05) is 17.7 Å². The molecule has 4 rings (SSSR count). The molecule has 13 heteroatoms. The fourth-order valence-electron chi connectivity index (χ4n) is 5.36. The summed E-state index contributed by atoms with van der Waals surface area (Å²) in [4.78, 5) is 43.1. The van der Waals surface area contributed by atoms with Gasteiger partial charge in [-0.2, -0.15) is 0 Å². The van der Waals surface area contributed by atoms with Crippen LogP contribution in [0.25, 0.3) is 0 Å². The van der Waals surface area contributed by atoms with Gasteiger partial charge in [0.25, 0.3) is 0 Å². The van der Waals surface area contributed by atoms with E-state index in [1.165, 1.54) is 17.0 Å². The second-order valence-electron chi connectivity index (χ2n) is 9.71. The van der Waals surface area contributed by atoms with Crippen LogP contribution in [-0.2, 0) is 20.9 Å². The lowest BCUT2D eigenvalue weighted by Crippen LogP contribution is -2.62. The Morgan fingerprint density at radius 1 is 1.19 bits per heavy atom. The van der Waals surface area contributed by atoms with Crippen LogP contribution < -0.4 is 15.4 Å². The van der Waals surface area contributed by atoms with E-state index in [1.54, 1.807) is 6.92 Å². The number of nitrogens with zero attached hydrogens (tertiary/aromatic N) is 3. The number of ether oxygens (including phenoxy) is 1. The Hall–Kier alpha value is -2.57. The van der Waals surface area contributed by atoms with E-state index >= 15 is 0 Å². The molecular formula is C24H31ClF3N5O4. The van der Waals surface area contributed by atoms with Crippen LogP contribution in [0.15, 0.2) is 18.2 Å². The van der Waals surface area contributed by atoms with Crippen LogP contribution in [0, 0.1) is 5.92 Å². The predicted molar refractivity (Wildman–Crippen MR) is 128 cm³/mol. The number of carbonyl (C=O) groups excluding carboxylic acids is 3. The third-order valence-electron chi connectivity index (χ3n) is 7.32. The zero-order chi connectivity index (χ0) is 26.7. The van der Waals surface area contributed by atoms with Gasteiger partial charge in [0.1, 0.15) is 12.3 Å². The number of fused-ring (bicyclic) bond motifs is 1. The standard InChI is InChI=1S/C24H31ClF3N5O4/c1-15(34)31-6-8-32(9-7-31)17-3-5-20-18(11-17)23(36)33(14-30-20)13-22(35)29-12-16-2-4-19(25)21(10-16)37-24(26,27)28/h2,4,10,17-18,20,30H,3,5-9,11-14H2,1H3,(H,29,35). The Bertz CT molecular complexity index is 1020. The Morgan fingerprint density at radius 3 is 2.59 bits per heavy atom. The van der Waals surface area contributed by atoms with Crippen LogP contribution in [0.3, 0.4) is 0 Å². The van der Waals surface area contributed by atoms with Gasteiger partial charge >= 0.3 is 6.36 Å². The molecule has 0 bridgehead atoms. The normalized spacial score (nSPS) is 25.0. The summed E-state index contributed by atoms with van der Waals surface area (Å²) in [6.07, 6.45) is -2.34. The van der Waals surface area contributed by atoms with Gasteiger partial charge in [-0.05, 0) is 37.0 Å². The molecule has 0 spiro atoms. The van der Waals surface area contributed by atoms with E-state index in [0.29, 0.717) is 25.1 Å². The van der Waals surface area contributed by atoms with Crippen molar-refractivity contribution in [3.8, 4) is 5.75 Å². The van der Waals surface area contributed by atoms with Crippen molar-refractivity contribution in [2.45, 2.75) is 51.2 Å². The monoisotopic (exact) mass is 545 g/mol. The molecule has 3 amide bonds. The summed E-state index contributed by atoms with van der Waals surface area (Å²) in [5, 5.41) is 5.82. The fourth-order valence-corrected chi connectivity index (χ4v) is 5.52. The number of hydrogen-bond donors (Lipinski definition) is 2. The highest BCUT2D eigenvalue weighted by Gasteiger charge is 2.42. The molecule has 3 unspecified atom stereocenters. The largest absolute Gasteiger partial charge is 0.573 e. The summed E-state index contributed by atoms with van der Waals surface area (Å²) in [5.41, 5.74) is 0.375. The van der Waals surface area contributed by atoms with Crippen LogP contribution in [0.4, 0.5) is 13.2 Å². The third kappa shape index (κ3) is 7.05. The smallest absolute Gasteiger partial charge is 0.404 e. The Labute approximate surface area is 218 Å². The van der Waals surface area contributed by atoms with Gasteiger partial charge in [0, 0.05) is 51.7 Å². The minimum absolute atomic E-state index is 0.0416. The number of hydrogen-bond acceptors (Lipinski definition) is 6. The predicted octanol–water partition coefficient (Wildman–Crippen LogP) is 1.95. The topological polar surface area (TPSA) is 94.2 Å². The molecular weight excluding hydrogens is 515 g/mol. The molecule has 1 aromatic carbocycles. The average molecular weight is 546 g/mol. The van der Waals surface area contributed by atoms with Crippen molar-refractivity contribution in [2.75, 3.05) is 39.4 Å². The first-order chi connectivity index (χ1) is 17.5. The van der Waals surface area contributed by atoms with Gasteiger partial charge in [-0.25, -0.2) is 0 Å². The summed E-state index contributed by atoms with van der Waals surface area (Å²) < 4.78 is 41.5. The van der Waals surface area contributed by atoms with Gasteiger partial charge in [0.15, 0.2) is 0 Å². The zero-order valence-corrected chi connectivity index (χ0v) is 21.3. The first-order valence-corrected chi connectivity index (χ1v) is 12.7. The maximum atomic E-state index is 13.3. The summed E-state index contributed by atoms with van der Waals surface area (Å²) in [5.74, 6) is -1.19. The first-order valence-electron chi connectivity index (χ1n) is 12.3. The van der Waals surface area contributed by atoms with E-state index in [1.807, 2.05) is 4.90 Å². The van der Waals surface area contributed by atoms with Crippen LogP contribution in [0.1, 0.15) is 31.7 Å². The van der Waals surface area contributed by atoms with Gasteiger partial charge < -0.3 is 19.9 Å². The number of halogens is 4. The number of benzene rings is 1. The van der Waals surface area contributed by atoms with E-state index in [-0.39, 0.29) is 54.6 Å². The lowest BCUT2D eigenvalue weighted by atomic mass is 9.79. The van der Waals surface area contributed by atoms with E-state index in [4.69, 9.17) is 11.6 Å². The van der Waals surface area contributed by atoms with Crippen molar-refractivity contribution in [3.05, 3.63) is 28.8 Å². The minimum atomic E-state index is -4.88. The van der Waals surface area contributed by atoms with Crippen molar-refractivity contribution in [1.82, 2.24) is 25.3 Å². The highest BCUT2D eigenvalue weighted by atomic mass is 35.5. The summed E-state index contributed by atoms with van der Waals surface area (Å²) >= 11 is 5.76. The van der Waals surface area contributed by atoms with Crippen molar-refractivity contribution in [3.63, 3.8) is 0 Å². The highest BCUT2D eigenvalue weighted by Crippen LogP contribution is 2.33. The molecule has 3 fully saturated rings. The maximum absolute atomic E-state index is 13.3. The molecule has 2 N–H and O–H groups in total. The summed E-state index contributed by atoms with van der Waals surface area (Å²) in [7, 11) is 0. The summed E-state index contributed by atoms with van der Waals surface area (Å²) in [6, 6.07) is 4.20. The Balaban J connectivity index is 1.28. The number of rotatable bonds is 6. The molecule has 3 aliphatic rings. The molecule has 0 radical (unpaired) electrons. The van der Waals surface area contributed by atoms with E-state index in [2.05, 4.69) is 20.3 Å². The average Bonchev–Trinajstić information content (AvgIpc) is 2.85. The molecule has 3 atom stereocenters. The SMILES string of the molecule is CC(=O)N1CCN(C2CCC3NCN(CC(=O)NCc4ccc(Cl)c(OC(F)(F)F)c4)C(=O)C3C2)CC1. The van der Waals surface area contributed by atoms with Crippen LogP contribution in [0.5, 0.6) is 5.75 Å². The maximum Gasteiger partial charge on any atom is 0.573 e. The third-order valence-corrected chi connectivity index (χ3v) is 7.63. The second kappa shape index (κ2) is 11.4. The van der Waals surface area contributed by atoms with Gasteiger partial charge in [0.05, 0.1) is 17.6 Å². The molecule has 9 nitrogen and oxygen atoms in total. The van der Waals surface area contributed by atoms with Gasteiger partial charge in [0.2, 0.25) is 17.7 Å². The lowest BCUT2D eigenvalue weighted by molar-refractivity contribution is -0.274. The van der Waals surface area contributed by atoms with Crippen LogP contribution in [-0.4, -0.2) is 90.3 Å². The van der Waals surface area contributed by atoms with E-state index in [0.717, 1.165) is 32.0 Å². The van der Waals surface area contributed by atoms with E-state index < -0.39 is 18.0 Å². The van der Waals surface area contributed by atoms with Crippen molar-refractivity contribution in [1.29, 1.82) is 0 Å². The van der Waals surface area contributed by atoms with E-state index in [9.17, 15) is 27.6 Å². The molecule has 2 heterocycles. The van der Waals surface area contributed by atoms with Crippen LogP contribution >= 0.6 is 11.6 Å². The Kier molecular flexibility index (Phi) is 8.49. The molecule has 2 aliphatic heterocycles. The number of nitrogens with one attached hydrogen (secondary N) is 2. The number of amides is 3. The molecule has 1 aliphatic carbocycles. The molecule has 1 saturated carbocycles. The quantitative estimate of drug-likeness (QED) is 0.567. The van der Waals surface area contributed by atoms with Crippen LogP contribution in [0.2, 0.25) is 5.02 Å². The highest BCUT2D eigenvalue weighted by molar-refractivity contribution is 6.32. The zero-order valence-electron chi connectivity index (χ0n) is 20.5. The van der Waals surface area contributed by atoms with Gasteiger partial charge in [-0.3, -0.25) is 24.6 Å². The second-order valence-corrected chi connectivity index (χ2v) is 10.1. The summed E-state index contributed by atoms with van der Waals surface area (Å²) in [6.45, 7) is 4.60. The van der Waals surface area contributed by atoms with Crippen molar-refractivity contribution < 1.29 is 32.3 Å². The molecule has 204 valence electrons. The van der Waals surface area contributed by atoms with Gasteiger partial charge in [-0.15, -0.1) is 13.2 Å². The molecule has 0 aromatic heterocycles. The first kappa shape index (κ1) is 27.5. The minimum Gasteiger partial charge on any atom is -0.404 e. The molecule has 2 saturated heterocycles.